The molecule has 0 unspecified atom stereocenters. The van der Waals surface area contributed by atoms with E-state index in [1.54, 1.807) is 20.4 Å². The van der Waals surface area contributed by atoms with Gasteiger partial charge in [0.1, 0.15) is 28.9 Å². The molecule has 0 fully saturated rings. The number of furan rings is 1. The number of hydrogen-bond donors (Lipinski definition) is 0. The Balaban J connectivity index is 1.80. The average molecular weight is 465 g/mol. The SMILES string of the molecule is COc1ccc(-c2oc(N=Cc3ccc(C(C)(C)C)cc3)c(C#N)c2-c2ccc(OC)cc2)cc1. The largest absolute Gasteiger partial charge is 0.497 e. The van der Waals surface area contributed by atoms with Crippen LogP contribution in [0.4, 0.5) is 5.88 Å². The monoisotopic (exact) mass is 464 g/mol. The van der Waals surface area contributed by atoms with Gasteiger partial charge in [0, 0.05) is 17.3 Å². The van der Waals surface area contributed by atoms with Gasteiger partial charge in [-0.1, -0.05) is 57.2 Å². The predicted octanol–water partition coefficient (Wildman–Crippen LogP) is 7.55. The fourth-order valence-corrected chi connectivity index (χ4v) is 3.79. The van der Waals surface area contributed by atoms with Crippen molar-refractivity contribution in [3.8, 4) is 40.0 Å². The Morgan fingerprint density at radius 2 is 1.34 bits per heavy atom. The van der Waals surface area contributed by atoms with Crippen LogP contribution in [0, 0.1) is 11.3 Å². The number of methoxy groups -OCH3 is 2. The van der Waals surface area contributed by atoms with E-state index in [-0.39, 0.29) is 11.3 Å². The molecule has 4 rings (SSSR count). The van der Waals surface area contributed by atoms with Gasteiger partial charge in [-0.15, -0.1) is 0 Å². The van der Waals surface area contributed by atoms with Gasteiger partial charge >= 0.3 is 0 Å². The standard InChI is InChI=1S/C30H28N2O3/c1-30(2,3)23-12-6-20(7-13-23)19-32-29-26(18-31)27(21-8-14-24(33-4)15-9-21)28(35-29)22-10-16-25(34-5)17-11-22/h6-17,19H,1-5H3. The fraction of sp³-hybridized carbons (Fsp3) is 0.200. The van der Waals surface area contributed by atoms with Crippen LogP contribution in [0.1, 0.15) is 37.5 Å². The molecule has 0 N–H and O–H groups in total. The first-order valence-electron chi connectivity index (χ1n) is 11.3. The summed E-state index contributed by atoms with van der Waals surface area (Å²) in [7, 11) is 3.25. The Morgan fingerprint density at radius 1 is 0.800 bits per heavy atom. The molecule has 176 valence electrons. The molecule has 0 aliphatic carbocycles. The summed E-state index contributed by atoms with van der Waals surface area (Å²) >= 11 is 0. The Labute approximate surface area is 206 Å². The molecule has 0 saturated carbocycles. The van der Waals surface area contributed by atoms with E-state index in [2.05, 4.69) is 44.0 Å². The van der Waals surface area contributed by atoms with Gasteiger partial charge in [-0.05, 0) is 58.5 Å². The maximum Gasteiger partial charge on any atom is 0.238 e. The second-order valence-electron chi connectivity index (χ2n) is 9.19. The van der Waals surface area contributed by atoms with E-state index < -0.39 is 0 Å². The highest BCUT2D eigenvalue weighted by molar-refractivity contribution is 5.90. The van der Waals surface area contributed by atoms with E-state index in [9.17, 15) is 5.26 Å². The van der Waals surface area contributed by atoms with E-state index in [1.165, 1.54) is 5.56 Å². The molecule has 0 aliphatic rings. The van der Waals surface area contributed by atoms with Crippen LogP contribution in [0.25, 0.3) is 22.5 Å². The number of rotatable bonds is 6. The predicted molar refractivity (Wildman–Crippen MR) is 140 cm³/mol. The first-order chi connectivity index (χ1) is 16.8. The van der Waals surface area contributed by atoms with Gasteiger partial charge in [0.2, 0.25) is 5.88 Å². The Morgan fingerprint density at radius 3 is 1.83 bits per heavy atom. The number of ether oxygens (including phenoxy) is 2. The summed E-state index contributed by atoms with van der Waals surface area (Å²) in [6.07, 6.45) is 1.72. The molecule has 0 bridgehead atoms. The van der Waals surface area contributed by atoms with Crippen LogP contribution in [0.2, 0.25) is 0 Å². The second kappa shape index (κ2) is 9.90. The van der Waals surface area contributed by atoms with Crippen LogP contribution in [0.5, 0.6) is 11.5 Å². The molecule has 5 heteroatoms. The van der Waals surface area contributed by atoms with Crippen molar-refractivity contribution in [1.82, 2.24) is 0 Å². The lowest BCUT2D eigenvalue weighted by Crippen LogP contribution is -2.10. The molecular weight excluding hydrogens is 436 g/mol. The van der Waals surface area contributed by atoms with Gasteiger partial charge in [-0.2, -0.15) is 5.26 Å². The van der Waals surface area contributed by atoms with Crippen LogP contribution in [0.15, 0.2) is 82.2 Å². The maximum absolute atomic E-state index is 10.1. The number of aliphatic imine (C=N–C) groups is 1. The van der Waals surface area contributed by atoms with Crippen molar-refractivity contribution < 1.29 is 13.9 Å². The Bertz CT molecular complexity index is 1370. The summed E-state index contributed by atoms with van der Waals surface area (Å²) in [4.78, 5) is 4.58. The smallest absolute Gasteiger partial charge is 0.238 e. The summed E-state index contributed by atoms with van der Waals surface area (Å²) in [5.41, 5.74) is 4.98. The molecule has 0 saturated heterocycles. The zero-order chi connectivity index (χ0) is 25.0. The quantitative estimate of drug-likeness (QED) is 0.276. The summed E-state index contributed by atoms with van der Waals surface area (Å²) in [5, 5.41) is 10.1. The van der Waals surface area contributed by atoms with Gasteiger partial charge in [0.25, 0.3) is 0 Å². The molecule has 5 nitrogen and oxygen atoms in total. The van der Waals surface area contributed by atoms with Crippen LogP contribution in [-0.4, -0.2) is 20.4 Å². The van der Waals surface area contributed by atoms with Gasteiger partial charge < -0.3 is 13.9 Å². The van der Waals surface area contributed by atoms with E-state index >= 15 is 0 Å². The minimum atomic E-state index is 0.0746. The number of hydrogen-bond acceptors (Lipinski definition) is 5. The fourth-order valence-electron chi connectivity index (χ4n) is 3.79. The lowest BCUT2D eigenvalue weighted by atomic mass is 9.87. The van der Waals surface area contributed by atoms with E-state index in [0.717, 1.165) is 28.2 Å². The molecule has 0 aliphatic heterocycles. The Hall–Kier alpha value is -4.30. The molecular formula is C30H28N2O3. The van der Waals surface area contributed by atoms with Gasteiger partial charge in [-0.3, -0.25) is 0 Å². The third-order valence-electron chi connectivity index (χ3n) is 5.84. The summed E-state index contributed by atoms with van der Waals surface area (Å²) in [5.74, 6) is 2.32. The van der Waals surface area contributed by atoms with Crippen molar-refractivity contribution in [2.24, 2.45) is 4.99 Å². The first kappa shape index (κ1) is 23.8. The second-order valence-corrected chi connectivity index (χ2v) is 9.19. The molecule has 0 radical (unpaired) electrons. The van der Waals surface area contributed by atoms with Gasteiger partial charge in [0.15, 0.2) is 0 Å². The molecule has 1 aromatic heterocycles. The molecule has 0 spiro atoms. The molecule has 0 atom stereocenters. The van der Waals surface area contributed by atoms with Gasteiger partial charge in [-0.25, -0.2) is 4.99 Å². The highest BCUT2D eigenvalue weighted by atomic mass is 16.5. The zero-order valence-corrected chi connectivity index (χ0v) is 20.6. The first-order valence-corrected chi connectivity index (χ1v) is 11.3. The minimum Gasteiger partial charge on any atom is -0.497 e. The molecule has 3 aromatic carbocycles. The molecule has 1 heterocycles. The molecule has 0 amide bonds. The van der Waals surface area contributed by atoms with Gasteiger partial charge in [0.05, 0.1) is 14.2 Å². The van der Waals surface area contributed by atoms with Crippen molar-refractivity contribution >= 4 is 12.1 Å². The van der Waals surface area contributed by atoms with Crippen molar-refractivity contribution in [2.75, 3.05) is 14.2 Å². The highest BCUT2D eigenvalue weighted by Crippen LogP contribution is 2.43. The van der Waals surface area contributed by atoms with E-state index in [1.807, 2.05) is 60.7 Å². The maximum atomic E-state index is 10.1. The molecule has 35 heavy (non-hydrogen) atoms. The number of benzene rings is 3. The average Bonchev–Trinajstić information content (AvgIpc) is 3.25. The topological polar surface area (TPSA) is 67.8 Å². The van der Waals surface area contributed by atoms with Crippen molar-refractivity contribution in [3.05, 3.63) is 89.5 Å². The Kier molecular flexibility index (Phi) is 6.75. The molecule has 4 aromatic rings. The number of nitriles is 1. The van der Waals surface area contributed by atoms with Crippen LogP contribution in [0.3, 0.4) is 0 Å². The van der Waals surface area contributed by atoms with E-state index in [0.29, 0.717) is 16.9 Å². The van der Waals surface area contributed by atoms with Crippen LogP contribution in [-0.2, 0) is 5.41 Å². The highest BCUT2D eigenvalue weighted by Gasteiger charge is 2.23. The third-order valence-corrected chi connectivity index (χ3v) is 5.84. The van der Waals surface area contributed by atoms with Crippen molar-refractivity contribution in [1.29, 1.82) is 5.26 Å². The lowest BCUT2D eigenvalue weighted by Gasteiger charge is -2.18. The normalized spacial score (nSPS) is 11.4. The third kappa shape index (κ3) is 5.12. The zero-order valence-electron chi connectivity index (χ0n) is 20.6. The summed E-state index contributed by atoms with van der Waals surface area (Å²) in [6.45, 7) is 6.54. The minimum absolute atomic E-state index is 0.0746. The van der Waals surface area contributed by atoms with E-state index in [4.69, 9.17) is 13.9 Å². The lowest BCUT2D eigenvalue weighted by molar-refractivity contribution is 0.414. The number of nitrogens with zero attached hydrogens (tertiary/aromatic N) is 2. The summed E-state index contributed by atoms with van der Waals surface area (Å²) in [6, 6.07) is 25.6. The van der Waals surface area contributed by atoms with Crippen molar-refractivity contribution in [2.45, 2.75) is 26.2 Å². The van der Waals surface area contributed by atoms with Crippen LogP contribution >= 0.6 is 0 Å². The van der Waals surface area contributed by atoms with Crippen LogP contribution < -0.4 is 9.47 Å². The van der Waals surface area contributed by atoms with Crippen molar-refractivity contribution in [3.63, 3.8) is 0 Å². The summed E-state index contributed by atoms with van der Waals surface area (Å²) < 4.78 is 16.8.